The zero-order valence-corrected chi connectivity index (χ0v) is 17.2. The zero-order valence-electron chi connectivity index (χ0n) is 17.2. The van der Waals surface area contributed by atoms with E-state index in [0.717, 1.165) is 17.0 Å². The van der Waals surface area contributed by atoms with Crippen molar-refractivity contribution in [3.05, 3.63) is 101 Å². The van der Waals surface area contributed by atoms with Gasteiger partial charge in [-0.2, -0.15) is 13.2 Å². The van der Waals surface area contributed by atoms with Crippen molar-refractivity contribution in [2.75, 3.05) is 7.11 Å². The largest absolute Gasteiger partial charge is 0.497 e. The van der Waals surface area contributed by atoms with E-state index < -0.39 is 35.2 Å². The minimum Gasteiger partial charge on any atom is -0.497 e. The van der Waals surface area contributed by atoms with E-state index in [9.17, 15) is 22.8 Å². The first-order chi connectivity index (χ1) is 15.2. The van der Waals surface area contributed by atoms with E-state index in [1.165, 1.54) is 19.2 Å². The van der Waals surface area contributed by atoms with Crippen LogP contribution in [0.25, 0.3) is 0 Å². The Labute approximate surface area is 183 Å². The number of hydrogen-bond acceptors (Lipinski definition) is 3. The van der Waals surface area contributed by atoms with E-state index in [2.05, 4.69) is 0 Å². The number of alkyl halides is 3. The lowest BCUT2D eigenvalue weighted by atomic mass is 10.00. The van der Waals surface area contributed by atoms with Crippen molar-refractivity contribution in [2.45, 2.75) is 18.8 Å². The number of halogens is 3. The monoisotopic (exact) mass is 442 g/mol. The fourth-order valence-electron chi connectivity index (χ4n) is 3.45. The second kappa shape index (κ2) is 9.55. The van der Waals surface area contributed by atoms with E-state index in [0.29, 0.717) is 16.9 Å². The third-order valence-corrected chi connectivity index (χ3v) is 4.91. The highest BCUT2D eigenvalue weighted by Gasteiger charge is 2.38. The van der Waals surface area contributed by atoms with Crippen molar-refractivity contribution in [1.29, 1.82) is 0 Å². The Bertz CT molecular complexity index is 1100. The standard InChI is InChI=1S/C24H21F3N2O3/c1-32-18-11-7-8-16(14-18)15-29(21(22(28)30)17-9-3-2-4-10-17)23(31)19-12-5-6-13-20(19)24(25,26)27/h2-14,21H,15H2,1H3,(H2,28,30)/t21-/m1/s1. The predicted octanol–water partition coefficient (Wildman–Crippen LogP) is 4.58. The SMILES string of the molecule is COc1cccc(CN(C(=O)c2ccccc2C(F)(F)F)[C@@H](C(N)=O)c2ccccc2)c1. The summed E-state index contributed by atoms with van der Waals surface area (Å²) in [7, 11) is 1.47. The van der Waals surface area contributed by atoms with Crippen LogP contribution in [0, 0.1) is 0 Å². The molecule has 0 radical (unpaired) electrons. The number of carbonyl (C=O) groups is 2. The fraction of sp³-hybridized carbons (Fsp3) is 0.167. The number of hydrogen-bond donors (Lipinski definition) is 1. The van der Waals surface area contributed by atoms with Gasteiger partial charge in [-0.25, -0.2) is 0 Å². The van der Waals surface area contributed by atoms with Gasteiger partial charge in [0.25, 0.3) is 5.91 Å². The molecular weight excluding hydrogens is 421 g/mol. The number of ether oxygens (including phenoxy) is 1. The molecule has 0 spiro atoms. The van der Waals surface area contributed by atoms with Gasteiger partial charge in [0.1, 0.15) is 11.8 Å². The molecule has 0 bridgehead atoms. The molecule has 2 N–H and O–H groups in total. The molecule has 32 heavy (non-hydrogen) atoms. The normalized spacial score (nSPS) is 12.1. The minimum absolute atomic E-state index is 0.162. The maximum atomic E-state index is 13.6. The maximum Gasteiger partial charge on any atom is 0.417 e. The number of amides is 2. The molecule has 0 aliphatic heterocycles. The van der Waals surface area contributed by atoms with E-state index >= 15 is 0 Å². The van der Waals surface area contributed by atoms with E-state index in [1.807, 2.05) is 0 Å². The summed E-state index contributed by atoms with van der Waals surface area (Å²) in [4.78, 5) is 27.0. The molecule has 0 heterocycles. The molecule has 0 saturated heterocycles. The Hall–Kier alpha value is -3.81. The molecule has 0 fully saturated rings. The number of benzene rings is 3. The molecule has 3 rings (SSSR count). The number of rotatable bonds is 7. The smallest absolute Gasteiger partial charge is 0.417 e. The van der Waals surface area contributed by atoms with Crippen LogP contribution in [0.4, 0.5) is 13.2 Å². The molecular formula is C24H21F3N2O3. The summed E-state index contributed by atoms with van der Waals surface area (Å²) in [5.41, 5.74) is 4.94. The summed E-state index contributed by atoms with van der Waals surface area (Å²) in [5.74, 6) is -1.33. The van der Waals surface area contributed by atoms with Gasteiger partial charge in [-0.1, -0.05) is 54.6 Å². The Morgan fingerprint density at radius 1 is 0.969 bits per heavy atom. The van der Waals surface area contributed by atoms with Gasteiger partial charge in [-0.3, -0.25) is 9.59 Å². The molecule has 166 valence electrons. The molecule has 3 aromatic rings. The van der Waals surface area contributed by atoms with Crippen LogP contribution in [0.5, 0.6) is 5.75 Å². The number of primary amides is 1. The van der Waals surface area contributed by atoms with Gasteiger partial charge in [-0.15, -0.1) is 0 Å². The van der Waals surface area contributed by atoms with Crippen LogP contribution in [0.15, 0.2) is 78.9 Å². The topological polar surface area (TPSA) is 72.6 Å². The van der Waals surface area contributed by atoms with E-state index in [-0.39, 0.29) is 6.54 Å². The van der Waals surface area contributed by atoms with E-state index in [4.69, 9.17) is 10.5 Å². The van der Waals surface area contributed by atoms with Crippen LogP contribution in [0.3, 0.4) is 0 Å². The third-order valence-electron chi connectivity index (χ3n) is 4.91. The van der Waals surface area contributed by atoms with Gasteiger partial charge >= 0.3 is 6.18 Å². The van der Waals surface area contributed by atoms with Gasteiger partial charge in [0.15, 0.2) is 0 Å². The number of nitrogens with two attached hydrogens (primary N) is 1. The first kappa shape index (κ1) is 22.9. The molecule has 0 aromatic heterocycles. The molecule has 2 amide bonds. The molecule has 0 saturated carbocycles. The van der Waals surface area contributed by atoms with Crippen LogP contribution < -0.4 is 10.5 Å². The first-order valence-corrected chi connectivity index (χ1v) is 9.66. The molecule has 1 atom stereocenters. The Morgan fingerprint density at radius 2 is 1.62 bits per heavy atom. The zero-order chi connectivity index (χ0) is 23.3. The van der Waals surface area contributed by atoms with Gasteiger partial charge in [0, 0.05) is 6.54 Å². The van der Waals surface area contributed by atoms with Gasteiger partial charge in [0.2, 0.25) is 5.91 Å². The van der Waals surface area contributed by atoms with Crippen molar-refractivity contribution < 1.29 is 27.5 Å². The number of nitrogens with zero attached hydrogens (tertiary/aromatic N) is 1. The lowest BCUT2D eigenvalue weighted by molar-refractivity contribution is -0.138. The average molecular weight is 442 g/mol. The molecule has 0 aliphatic carbocycles. The second-order valence-corrected chi connectivity index (χ2v) is 7.04. The number of methoxy groups -OCH3 is 1. The van der Waals surface area contributed by atoms with Crippen molar-refractivity contribution in [1.82, 2.24) is 4.90 Å². The van der Waals surface area contributed by atoms with Crippen LogP contribution in [-0.4, -0.2) is 23.8 Å². The van der Waals surface area contributed by atoms with E-state index in [1.54, 1.807) is 54.6 Å². The molecule has 3 aromatic carbocycles. The van der Waals surface area contributed by atoms with Crippen LogP contribution in [0.2, 0.25) is 0 Å². The van der Waals surface area contributed by atoms with Crippen LogP contribution in [-0.2, 0) is 17.5 Å². The lowest BCUT2D eigenvalue weighted by Crippen LogP contribution is -2.42. The van der Waals surface area contributed by atoms with Crippen LogP contribution >= 0.6 is 0 Å². The van der Waals surface area contributed by atoms with Crippen LogP contribution in [0.1, 0.15) is 33.1 Å². The molecule has 0 aliphatic rings. The van der Waals surface area contributed by atoms with Crippen molar-refractivity contribution in [2.24, 2.45) is 5.73 Å². The summed E-state index contributed by atoms with van der Waals surface area (Å²) >= 11 is 0. The second-order valence-electron chi connectivity index (χ2n) is 7.04. The minimum atomic E-state index is -4.75. The summed E-state index contributed by atoms with van der Waals surface area (Å²) in [6.07, 6.45) is -4.75. The average Bonchev–Trinajstić information content (AvgIpc) is 2.78. The summed E-state index contributed by atoms with van der Waals surface area (Å²) in [6.45, 7) is -0.162. The van der Waals surface area contributed by atoms with Crippen molar-refractivity contribution in [3.63, 3.8) is 0 Å². The highest BCUT2D eigenvalue weighted by atomic mass is 19.4. The summed E-state index contributed by atoms with van der Waals surface area (Å²) < 4.78 is 46.0. The van der Waals surface area contributed by atoms with Gasteiger partial charge in [-0.05, 0) is 35.4 Å². The Kier molecular flexibility index (Phi) is 6.82. The Balaban J connectivity index is 2.14. The summed E-state index contributed by atoms with van der Waals surface area (Å²) in [5, 5.41) is 0. The fourth-order valence-corrected chi connectivity index (χ4v) is 3.45. The predicted molar refractivity (Wildman–Crippen MR) is 113 cm³/mol. The number of carbonyl (C=O) groups excluding carboxylic acids is 2. The third kappa shape index (κ3) is 5.08. The van der Waals surface area contributed by atoms with Gasteiger partial charge < -0.3 is 15.4 Å². The van der Waals surface area contributed by atoms with Gasteiger partial charge in [0.05, 0.1) is 18.2 Å². The maximum absolute atomic E-state index is 13.6. The van der Waals surface area contributed by atoms with Crippen molar-refractivity contribution >= 4 is 11.8 Å². The van der Waals surface area contributed by atoms with Crippen molar-refractivity contribution in [3.8, 4) is 5.75 Å². The quantitative estimate of drug-likeness (QED) is 0.582. The molecule has 5 nitrogen and oxygen atoms in total. The highest BCUT2D eigenvalue weighted by molar-refractivity contribution is 5.99. The molecule has 8 heteroatoms. The lowest BCUT2D eigenvalue weighted by Gasteiger charge is -2.31. The highest BCUT2D eigenvalue weighted by Crippen LogP contribution is 2.34. The molecule has 0 unspecified atom stereocenters. The summed E-state index contributed by atoms with van der Waals surface area (Å²) in [6, 6.07) is 18.1. The first-order valence-electron chi connectivity index (χ1n) is 9.66. The Morgan fingerprint density at radius 3 is 2.25 bits per heavy atom.